The van der Waals surface area contributed by atoms with Gasteiger partial charge in [0.05, 0.1) is 3.79 Å². The van der Waals surface area contributed by atoms with Gasteiger partial charge in [-0.2, -0.15) is 0 Å². The Morgan fingerprint density at radius 3 is 2.85 bits per heavy atom. The minimum atomic E-state index is -1.12. The maximum absolute atomic E-state index is 12.7. The molecule has 0 spiro atoms. The smallest absolute Gasteiger partial charge is 0.325 e. The second kappa shape index (κ2) is 7.92. The van der Waals surface area contributed by atoms with Gasteiger partial charge in [-0.15, -0.1) is 11.3 Å². The molecule has 0 saturated carbocycles. The predicted octanol–water partition coefficient (Wildman–Crippen LogP) is 3.28. The van der Waals surface area contributed by atoms with Gasteiger partial charge in [0, 0.05) is 11.4 Å². The Bertz CT molecular complexity index is 761. The Morgan fingerprint density at radius 2 is 2.19 bits per heavy atom. The lowest BCUT2D eigenvalue weighted by atomic mass is 9.97. The third-order valence-corrected chi connectivity index (χ3v) is 6.64. The zero-order chi connectivity index (χ0) is 18.7. The fourth-order valence-electron chi connectivity index (χ4n) is 3.28. The monoisotopic (exact) mass is 439 g/mol. The van der Waals surface area contributed by atoms with Crippen molar-refractivity contribution in [1.82, 2.24) is 15.5 Å². The second-order valence-corrected chi connectivity index (χ2v) is 9.22. The zero-order valence-electron chi connectivity index (χ0n) is 14.6. The summed E-state index contributed by atoms with van der Waals surface area (Å²) in [5.74, 6) is -0.719. The summed E-state index contributed by atoms with van der Waals surface area (Å²) in [5.41, 5.74) is 0.253. The maximum Gasteiger partial charge on any atom is 0.325 e. The fourth-order valence-corrected chi connectivity index (χ4v) is 4.76. The normalized spacial score (nSPS) is 23.0. The molecule has 1 aliphatic heterocycles. The van der Waals surface area contributed by atoms with Gasteiger partial charge in [-0.25, -0.2) is 4.79 Å². The number of urea groups is 1. The van der Waals surface area contributed by atoms with Crippen molar-refractivity contribution < 1.29 is 14.4 Å². The molecule has 0 radical (unpaired) electrons. The summed E-state index contributed by atoms with van der Waals surface area (Å²) in [6.07, 6.45) is 7.73. The number of nitrogens with zero attached hydrogens (tertiary/aromatic N) is 1. The van der Waals surface area contributed by atoms with E-state index >= 15 is 0 Å². The van der Waals surface area contributed by atoms with Crippen LogP contribution in [0.15, 0.2) is 27.6 Å². The first kappa shape index (κ1) is 19.1. The maximum atomic E-state index is 12.7. The number of nitrogens with one attached hydrogen (secondary N) is 2. The molecule has 8 heteroatoms. The quantitative estimate of drug-likeness (QED) is 0.527. The number of carbonyl (C=O) groups excluding carboxylic acids is 3. The van der Waals surface area contributed by atoms with Gasteiger partial charge in [0.2, 0.25) is 5.91 Å². The van der Waals surface area contributed by atoms with Gasteiger partial charge in [0.25, 0.3) is 5.91 Å². The SMILES string of the molecule is CC1(c2ccc(Br)s2)NC(=O)N(CC(=O)NCCC2=CCCCC2)C1=O. The summed E-state index contributed by atoms with van der Waals surface area (Å²) >= 11 is 4.76. The molecule has 3 rings (SSSR count). The molecule has 1 fully saturated rings. The summed E-state index contributed by atoms with van der Waals surface area (Å²) in [6, 6.07) is 3.10. The van der Waals surface area contributed by atoms with E-state index in [1.165, 1.54) is 29.8 Å². The van der Waals surface area contributed by atoms with Crippen molar-refractivity contribution in [3.8, 4) is 0 Å². The molecule has 1 aliphatic carbocycles. The van der Waals surface area contributed by atoms with Crippen LogP contribution in [0.2, 0.25) is 0 Å². The summed E-state index contributed by atoms with van der Waals surface area (Å²) in [7, 11) is 0. The lowest BCUT2D eigenvalue weighted by Crippen LogP contribution is -2.43. The number of amides is 4. The van der Waals surface area contributed by atoms with Gasteiger partial charge in [-0.05, 0) is 67.1 Å². The Labute approximate surface area is 165 Å². The molecule has 26 heavy (non-hydrogen) atoms. The standard InChI is InChI=1S/C18H22BrN3O3S/c1-18(13-7-8-14(19)26-13)16(24)22(17(25)21-18)11-15(23)20-10-9-12-5-3-2-4-6-12/h5,7-8H,2-4,6,9-11H2,1H3,(H,20,23)(H,21,25). The van der Waals surface area contributed by atoms with Gasteiger partial charge >= 0.3 is 6.03 Å². The zero-order valence-corrected chi connectivity index (χ0v) is 17.0. The molecule has 6 nitrogen and oxygen atoms in total. The summed E-state index contributed by atoms with van der Waals surface area (Å²) < 4.78 is 0.879. The molecule has 1 unspecified atom stereocenters. The average molecular weight is 440 g/mol. The average Bonchev–Trinajstić information content (AvgIpc) is 3.14. The van der Waals surface area contributed by atoms with E-state index in [9.17, 15) is 14.4 Å². The largest absolute Gasteiger partial charge is 0.354 e. The third-order valence-electron chi connectivity index (χ3n) is 4.80. The Kier molecular flexibility index (Phi) is 5.82. The van der Waals surface area contributed by atoms with Gasteiger partial charge in [-0.1, -0.05) is 11.6 Å². The highest BCUT2D eigenvalue weighted by atomic mass is 79.9. The minimum Gasteiger partial charge on any atom is -0.354 e. The molecular formula is C18H22BrN3O3S. The van der Waals surface area contributed by atoms with E-state index in [4.69, 9.17) is 0 Å². The van der Waals surface area contributed by atoms with Gasteiger partial charge in [0.1, 0.15) is 6.54 Å². The van der Waals surface area contributed by atoms with Gasteiger partial charge < -0.3 is 10.6 Å². The summed E-state index contributed by atoms with van der Waals surface area (Å²) in [4.78, 5) is 38.9. The highest BCUT2D eigenvalue weighted by molar-refractivity contribution is 9.11. The van der Waals surface area contributed by atoms with Crippen LogP contribution in [0.4, 0.5) is 4.79 Å². The number of rotatable bonds is 6. The van der Waals surface area contributed by atoms with Crippen LogP contribution >= 0.6 is 27.3 Å². The Balaban J connectivity index is 1.55. The number of allylic oxidation sites excluding steroid dienone is 1. The lowest BCUT2D eigenvalue weighted by molar-refractivity contribution is -0.134. The third kappa shape index (κ3) is 4.01. The molecule has 0 bridgehead atoms. The number of hydrogen-bond acceptors (Lipinski definition) is 4. The highest BCUT2D eigenvalue weighted by Crippen LogP contribution is 2.35. The molecule has 140 valence electrons. The molecule has 1 saturated heterocycles. The van der Waals surface area contributed by atoms with Crippen LogP contribution in [0, 0.1) is 0 Å². The van der Waals surface area contributed by atoms with E-state index in [0.717, 1.165) is 32.8 Å². The molecule has 2 heterocycles. The summed E-state index contributed by atoms with van der Waals surface area (Å²) in [5, 5.41) is 5.52. The van der Waals surface area contributed by atoms with Crippen molar-refractivity contribution >= 4 is 45.1 Å². The second-order valence-electron chi connectivity index (χ2n) is 6.76. The Hall–Kier alpha value is -1.67. The van der Waals surface area contributed by atoms with Crippen molar-refractivity contribution in [2.45, 2.75) is 44.6 Å². The number of hydrogen-bond donors (Lipinski definition) is 2. The molecule has 0 aromatic carbocycles. The predicted molar refractivity (Wildman–Crippen MR) is 104 cm³/mol. The molecule has 2 N–H and O–H groups in total. The fraction of sp³-hybridized carbons (Fsp3) is 0.500. The van der Waals surface area contributed by atoms with Crippen molar-refractivity contribution in [3.63, 3.8) is 0 Å². The van der Waals surface area contributed by atoms with Crippen molar-refractivity contribution in [2.24, 2.45) is 0 Å². The van der Waals surface area contributed by atoms with E-state index in [1.54, 1.807) is 13.0 Å². The van der Waals surface area contributed by atoms with Crippen LogP contribution in [-0.4, -0.2) is 35.8 Å². The molecule has 1 aromatic heterocycles. The van der Waals surface area contributed by atoms with Crippen LogP contribution < -0.4 is 10.6 Å². The molecule has 1 aromatic rings. The van der Waals surface area contributed by atoms with Crippen molar-refractivity contribution in [3.05, 3.63) is 32.4 Å². The first-order valence-electron chi connectivity index (χ1n) is 8.74. The van der Waals surface area contributed by atoms with E-state index in [2.05, 4.69) is 32.6 Å². The van der Waals surface area contributed by atoms with E-state index in [-0.39, 0.29) is 12.5 Å². The number of carbonyl (C=O) groups is 3. The first-order chi connectivity index (χ1) is 12.4. The van der Waals surface area contributed by atoms with Crippen LogP contribution in [0.1, 0.15) is 43.9 Å². The summed E-state index contributed by atoms with van der Waals surface area (Å²) in [6.45, 7) is 1.94. The number of imide groups is 1. The lowest BCUT2D eigenvalue weighted by Gasteiger charge is -2.20. The van der Waals surface area contributed by atoms with Crippen molar-refractivity contribution in [2.75, 3.05) is 13.1 Å². The molecule has 2 aliphatic rings. The van der Waals surface area contributed by atoms with Gasteiger partial charge in [-0.3, -0.25) is 14.5 Å². The van der Waals surface area contributed by atoms with Crippen LogP contribution in [-0.2, 0) is 15.1 Å². The van der Waals surface area contributed by atoms with E-state index in [0.29, 0.717) is 6.54 Å². The molecule has 1 atom stereocenters. The topological polar surface area (TPSA) is 78.5 Å². The minimum absolute atomic E-state index is 0.258. The molecule has 4 amide bonds. The van der Waals surface area contributed by atoms with Crippen LogP contribution in [0.3, 0.4) is 0 Å². The van der Waals surface area contributed by atoms with Crippen molar-refractivity contribution in [1.29, 1.82) is 0 Å². The first-order valence-corrected chi connectivity index (χ1v) is 10.4. The number of halogens is 1. The van der Waals surface area contributed by atoms with Gasteiger partial charge in [0.15, 0.2) is 5.54 Å². The van der Waals surface area contributed by atoms with E-state index in [1.807, 2.05) is 6.07 Å². The van der Waals surface area contributed by atoms with E-state index < -0.39 is 17.5 Å². The van der Waals surface area contributed by atoms with Crippen LogP contribution in [0.25, 0.3) is 0 Å². The molecular weight excluding hydrogens is 418 g/mol. The Morgan fingerprint density at radius 1 is 1.38 bits per heavy atom. The number of thiophene rings is 1. The highest BCUT2D eigenvalue weighted by Gasteiger charge is 2.50. The van der Waals surface area contributed by atoms with Crippen LogP contribution in [0.5, 0.6) is 0 Å².